The Kier molecular flexibility index (Phi) is 5.86. The molecule has 0 radical (unpaired) electrons. The van der Waals surface area contributed by atoms with Crippen LogP contribution in [-0.4, -0.2) is 47.9 Å². The monoisotopic (exact) mass is 484 g/mol. The Labute approximate surface area is 208 Å². The molecule has 2 aliphatic heterocycles. The lowest BCUT2D eigenvalue weighted by Gasteiger charge is -2.31. The minimum atomic E-state index is -0.0936. The lowest BCUT2D eigenvalue weighted by Crippen LogP contribution is -2.41. The van der Waals surface area contributed by atoms with Gasteiger partial charge < -0.3 is 15.1 Å². The number of likely N-dealkylation sites (tertiary alicyclic amines) is 1. The number of anilines is 2. The van der Waals surface area contributed by atoms with Crippen molar-refractivity contribution in [1.82, 2.24) is 9.88 Å². The number of hydrogen-bond acceptors (Lipinski definition) is 5. The molecule has 7 heteroatoms. The molecule has 6 rings (SSSR count). The van der Waals surface area contributed by atoms with E-state index in [4.69, 9.17) is 4.98 Å². The highest BCUT2D eigenvalue weighted by Gasteiger charge is 2.28. The first kappa shape index (κ1) is 22.0. The SMILES string of the molecule is O=C(Nc1ccc2nc(N3CCCC3)sc2c1)C1CCN(C(=O)c2cccc3ccccc23)CC1. The zero-order valence-corrected chi connectivity index (χ0v) is 20.4. The zero-order valence-electron chi connectivity index (χ0n) is 19.6. The normalized spacial score (nSPS) is 16.8. The molecule has 0 unspecified atom stereocenters. The van der Waals surface area contributed by atoms with E-state index in [0.29, 0.717) is 25.9 Å². The average Bonchev–Trinajstić information content (AvgIpc) is 3.58. The predicted octanol–water partition coefficient (Wildman–Crippen LogP) is 5.54. The summed E-state index contributed by atoms with van der Waals surface area (Å²) < 4.78 is 1.10. The summed E-state index contributed by atoms with van der Waals surface area (Å²) in [5.74, 6) is -0.0140. The van der Waals surface area contributed by atoms with E-state index in [0.717, 1.165) is 50.5 Å². The fourth-order valence-corrected chi connectivity index (χ4v) is 6.26. The quantitative estimate of drug-likeness (QED) is 0.413. The van der Waals surface area contributed by atoms with Gasteiger partial charge in [-0.15, -0.1) is 0 Å². The van der Waals surface area contributed by atoms with Crippen LogP contribution in [0.5, 0.6) is 0 Å². The highest BCUT2D eigenvalue weighted by atomic mass is 32.1. The van der Waals surface area contributed by atoms with Gasteiger partial charge in [-0.2, -0.15) is 0 Å². The van der Waals surface area contributed by atoms with Crippen LogP contribution in [0.3, 0.4) is 0 Å². The molecule has 0 aliphatic carbocycles. The number of rotatable bonds is 4. The van der Waals surface area contributed by atoms with Crippen molar-refractivity contribution in [2.24, 2.45) is 5.92 Å². The summed E-state index contributed by atoms with van der Waals surface area (Å²) in [7, 11) is 0. The highest BCUT2D eigenvalue weighted by molar-refractivity contribution is 7.22. The number of nitrogens with one attached hydrogen (secondary N) is 1. The first-order chi connectivity index (χ1) is 17.2. The van der Waals surface area contributed by atoms with Crippen LogP contribution in [0.25, 0.3) is 21.0 Å². The molecule has 2 aliphatic rings. The first-order valence-electron chi connectivity index (χ1n) is 12.4. The van der Waals surface area contributed by atoms with Gasteiger partial charge in [-0.25, -0.2) is 4.98 Å². The first-order valence-corrected chi connectivity index (χ1v) is 13.2. The number of carbonyl (C=O) groups is 2. The van der Waals surface area contributed by atoms with E-state index in [1.165, 1.54) is 12.8 Å². The molecule has 3 heterocycles. The van der Waals surface area contributed by atoms with Crippen molar-refractivity contribution in [2.75, 3.05) is 36.4 Å². The summed E-state index contributed by atoms with van der Waals surface area (Å²) in [4.78, 5) is 35.2. The third-order valence-corrected chi connectivity index (χ3v) is 8.27. The third-order valence-electron chi connectivity index (χ3n) is 7.19. The van der Waals surface area contributed by atoms with Gasteiger partial charge in [0, 0.05) is 43.3 Å². The summed E-state index contributed by atoms with van der Waals surface area (Å²) in [6.45, 7) is 3.33. The molecule has 178 valence electrons. The minimum absolute atomic E-state index is 0.0332. The van der Waals surface area contributed by atoms with Crippen LogP contribution < -0.4 is 10.2 Å². The van der Waals surface area contributed by atoms with Crippen LogP contribution in [0.15, 0.2) is 60.7 Å². The Morgan fingerprint density at radius 3 is 2.51 bits per heavy atom. The molecule has 2 fully saturated rings. The lowest BCUT2D eigenvalue weighted by molar-refractivity contribution is -0.121. The second-order valence-electron chi connectivity index (χ2n) is 9.46. The summed E-state index contributed by atoms with van der Waals surface area (Å²) in [5, 5.41) is 6.22. The third kappa shape index (κ3) is 4.36. The fraction of sp³-hybridized carbons (Fsp3) is 0.321. The lowest BCUT2D eigenvalue weighted by atomic mass is 9.94. The zero-order chi connectivity index (χ0) is 23.8. The Bertz CT molecular complexity index is 1400. The van der Waals surface area contributed by atoms with E-state index < -0.39 is 0 Å². The minimum Gasteiger partial charge on any atom is -0.348 e. The Hall–Kier alpha value is -3.45. The van der Waals surface area contributed by atoms with Crippen molar-refractivity contribution >= 4 is 55.0 Å². The van der Waals surface area contributed by atoms with Gasteiger partial charge in [0.15, 0.2) is 5.13 Å². The van der Waals surface area contributed by atoms with E-state index >= 15 is 0 Å². The maximum Gasteiger partial charge on any atom is 0.254 e. The molecule has 4 aromatic rings. The number of amides is 2. The van der Waals surface area contributed by atoms with Gasteiger partial charge in [-0.3, -0.25) is 9.59 Å². The number of carbonyl (C=O) groups excluding carboxylic acids is 2. The largest absolute Gasteiger partial charge is 0.348 e. The van der Waals surface area contributed by atoms with Gasteiger partial charge in [-0.05, 0) is 60.7 Å². The second kappa shape index (κ2) is 9.30. The molecule has 6 nitrogen and oxygen atoms in total. The topological polar surface area (TPSA) is 65.5 Å². The smallest absolute Gasteiger partial charge is 0.254 e. The van der Waals surface area contributed by atoms with Gasteiger partial charge in [0.2, 0.25) is 5.91 Å². The second-order valence-corrected chi connectivity index (χ2v) is 10.5. The van der Waals surface area contributed by atoms with E-state index in [1.54, 1.807) is 11.3 Å². The Morgan fingerprint density at radius 1 is 0.914 bits per heavy atom. The van der Waals surface area contributed by atoms with E-state index in [1.807, 2.05) is 65.6 Å². The van der Waals surface area contributed by atoms with Gasteiger partial charge >= 0.3 is 0 Å². The van der Waals surface area contributed by atoms with E-state index in [9.17, 15) is 9.59 Å². The number of hydrogen-bond donors (Lipinski definition) is 1. The fourth-order valence-electron chi connectivity index (χ4n) is 5.21. The molecular formula is C28H28N4O2S. The average molecular weight is 485 g/mol. The Morgan fingerprint density at radius 2 is 1.69 bits per heavy atom. The van der Waals surface area contributed by atoms with Crippen LogP contribution >= 0.6 is 11.3 Å². The van der Waals surface area contributed by atoms with Gasteiger partial charge in [0.25, 0.3) is 5.91 Å². The van der Waals surface area contributed by atoms with Crippen molar-refractivity contribution in [2.45, 2.75) is 25.7 Å². The molecule has 0 spiro atoms. The van der Waals surface area contributed by atoms with E-state index in [2.05, 4.69) is 10.2 Å². The number of aromatic nitrogens is 1. The van der Waals surface area contributed by atoms with Gasteiger partial charge in [0.05, 0.1) is 10.2 Å². The van der Waals surface area contributed by atoms with E-state index in [-0.39, 0.29) is 17.7 Å². The molecule has 1 aromatic heterocycles. The Balaban J connectivity index is 1.09. The van der Waals surface area contributed by atoms with Crippen LogP contribution in [-0.2, 0) is 4.79 Å². The molecule has 3 aromatic carbocycles. The predicted molar refractivity (Wildman–Crippen MR) is 142 cm³/mol. The van der Waals surface area contributed by atoms with Crippen LogP contribution in [0.4, 0.5) is 10.8 Å². The number of benzene rings is 3. The van der Waals surface area contributed by atoms with Crippen molar-refractivity contribution in [3.8, 4) is 0 Å². The molecule has 35 heavy (non-hydrogen) atoms. The maximum absolute atomic E-state index is 13.2. The summed E-state index contributed by atoms with van der Waals surface area (Å²) in [6, 6.07) is 19.8. The standard InChI is InChI=1S/C28H28N4O2S/c33-26(29-21-10-11-24-25(18-21)35-28(30-24)32-14-3-4-15-32)20-12-16-31(17-13-20)27(34)23-9-5-7-19-6-1-2-8-22(19)23/h1-2,5-11,18,20H,3-4,12-17H2,(H,29,33). The molecule has 2 amide bonds. The van der Waals surface area contributed by atoms with Crippen LogP contribution in [0.2, 0.25) is 0 Å². The molecule has 0 saturated carbocycles. The van der Waals surface area contributed by atoms with Crippen molar-refractivity contribution < 1.29 is 9.59 Å². The molecule has 0 bridgehead atoms. The van der Waals surface area contributed by atoms with Crippen LogP contribution in [0, 0.1) is 5.92 Å². The van der Waals surface area contributed by atoms with Crippen molar-refractivity contribution in [3.05, 3.63) is 66.2 Å². The molecule has 0 atom stereocenters. The van der Waals surface area contributed by atoms with Crippen molar-refractivity contribution in [3.63, 3.8) is 0 Å². The van der Waals surface area contributed by atoms with Gasteiger partial charge in [-0.1, -0.05) is 47.7 Å². The van der Waals surface area contributed by atoms with Crippen LogP contribution in [0.1, 0.15) is 36.0 Å². The molecule has 1 N–H and O–H groups in total. The number of nitrogens with zero attached hydrogens (tertiary/aromatic N) is 3. The number of fused-ring (bicyclic) bond motifs is 2. The highest BCUT2D eigenvalue weighted by Crippen LogP contribution is 2.33. The van der Waals surface area contributed by atoms with Gasteiger partial charge in [0.1, 0.15) is 0 Å². The summed E-state index contributed by atoms with van der Waals surface area (Å²) >= 11 is 1.69. The summed E-state index contributed by atoms with van der Waals surface area (Å²) in [6.07, 6.45) is 3.79. The molecular weight excluding hydrogens is 456 g/mol. The maximum atomic E-state index is 13.2. The number of piperidine rings is 1. The molecule has 2 saturated heterocycles. The number of thiazole rings is 1. The van der Waals surface area contributed by atoms with Crippen molar-refractivity contribution in [1.29, 1.82) is 0 Å². The summed E-state index contributed by atoms with van der Waals surface area (Å²) in [5.41, 5.74) is 2.53.